The molecule has 1 saturated carbocycles. The van der Waals surface area contributed by atoms with Crippen molar-refractivity contribution in [2.45, 2.75) is 44.6 Å². The summed E-state index contributed by atoms with van der Waals surface area (Å²) in [5.74, 6) is 1.86. The average molecular weight is 316 g/mol. The normalized spacial score (nSPS) is 20.7. The molecule has 0 spiro atoms. The molecule has 0 atom stereocenters. The van der Waals surface area contributed by atoms with Gasteiger partial charge in [0.1, 0.15) is 5.75 Å². The summed E-state index contributed by atoms with van der Waals surface area (Å²) < 4.78 is 5.22. The van der Waals surface area contributed by atoms with Crippen molar-refractivity contribution in [3.05, 3.63) is 29.8 Å². The topological polar surface area (TPSA) is 15.7 Å². The van der Waals surface area contributed by atoms with Crippen molar-refractivity contribution < 1.29 is 4.74 Å². The largest absolute Gasteiger partial charge is 0.497 e. The molecule has 1 aliphatic carbocycles. The Morgan fingerprint density at radius 3 is 2.35 bits per heavy atom. The summed E-state index contributed by atoms with van der Waals surface area (Å²) >= 11 is 0. The second-order valence-corrected chi connectivity index (χ2v) is 7.41. The summed E-state index contributed by atoms with van der Waals surface area (Å²) in [5.41, 5.74) is 1.41. The summed E-state index contributed by atoms with van der Waals surface area (Å²) in [6.07, 6.45) is 8.20. The van der Waals surface area contributed by atoms with Gasteiger partial charge in [0, 0.05) is 19.1 Å². The zero-order chi connectivity index (χ0) is 16.1. The molecule has 1 aliphatic heterocycles. The van der Waals surface area contributed by atoms with E-state index in [-0.39, 0.29) is 0 Å². The maximum absolute atomic E-state index is 5.22. The first-order chi connectivity index (χ1) is 11.2. The summed E-state index contributed by atoms with van der Waals surface area (Å²) in [6, 6.07) is 9.41. The van der Waals surface area contributed by atoms with E-state index in [1.165, 1.54) is 63.8 Å². The number of benzene rings is 1. The number of hydrogen-bond acceptors (Lipinski definition) is 3. The van der Waals surface area contributed by atoms with E-state index in [2.05, 4.69) is 41.1 Å². The van der Waals surface area contributed by atoms with Gasteiger partial charge in [-0.15, -0.1) is 0 Å². The fourth-order valence-corrected chi connectivity index (χ4v) is 3.86. The molecule has 3 heteroatoms. The molecule has 0 amide bonds. The Bertz CT molecular complexity index is 461. The van der Waals surface area contributed by atoms with Gasteiger partial charge in [0.05, 0.1) is 7.11 Å². The van der Waals surface area contributed by atoms with Crippen LogP contribution in [-0.4, -0.2) is 56.2 Å². The molecule has 3 nitrogen and oxygen atoms in total. The summed E-state index contributed by atoms with van der Waals surface area (Å²) in [6.45, 7) is 5.06. The summed E-state index contributed by atoms with van der Waals surface area (Å²) in [5, 5.41) is 0. The van der Waals surface area contributed by atoms with Gasteiger partial charge in [-0.05, 0) is 75.9 Å². The number of methoxy groups -OCH3 is 1. The van der Waals surface area contributed by atoms with Crippen molar-refractivity contribution in [2.24, 2.45) is 5.92 Å². The molecular weight excluding hydrogens is 284 g/mol. The molecule has 0 bridgehead atoms. The molecule has 0 N–H and O–H groups in total. The lowest BCUT2D eigenvalue weighted by Gasteiger charge is -2.39. The smallest absolute Gasteiger partial charge is 0.118 e. The predicted molar refractivity (Wildman–Crippen MR) is 96.1 cm³/mol. The Kier molecular flexibility index (Phi) is 5.96. The Morgan fingerprint density at radius 2 is 1.78 bits per heavy atom. The number of nitrogens with zero attached hydrogens (tertiary/aromatic N) is 2. The van der Waals surface area contributed by atoms with E-state index in [9.17, 15) is 0 Å². The van der Waals surface area contributed by atoms with Crippen LogP contribution in [0.1, 0.15) is 37.7 Å². The van der Waals surface area contributed by atoms with Crippen LogP contribution >= 0.6 is 0 Å². The van der Waals surface area contributed by atoms with E-state index in [1.54, 1.807) is 7.11 Å². The molecule has 128 valence electrons. The molecule has 0 unspecified atom stereocenters. The van der Waals surface area contributed by atoms with Crippen molar-refractivity contribution in [3.63, 3.8) is 0 Å². The van der Waals surface area contributed by atoms with Crippen LogP contribution in [0.5, 0.6) is 5.75 Å². The molecule has 0 radical (unpaired) electrons. The third-order valence-corrected chi connectivity index (χ3v) is 5.83. The number of ether oxygens (including phenoxy) is 1. The maximum Gasteiger partial charge on any atom is 0.118 e. The molecule has 1 heterocycles. The SMILES string of the molecule is COc1ccc(CCN2CCC(CN(C)C3CCC3)CC2)cc1. The van der Waals surface area contributed by atoms with Crippen LogP contribution in [-0.2, 0) is 6.42 Å². The zero-order valence-corrected chi connectivity index (χ0v) is 14.8. The number of hydrogen-bond donors (Lipinski definition) is 0. The lowest BCUT2D eigenvalue weighted by Crippen LogP contribution is -2.43. The third-order valence-electron chi connectivity index (χ3n) is 5.83. The minimum atomic E-state index is 0.892. The molecule has 23 heavy (non-hydrogen) atoms. The highest BCUT2D eigenvalue weighted by Crippen LogP contribution is 2.26. The Balaban J connectivity index is 1.35. The third kappa shape index (κ3) is 4.71. The van der Waals surface area contributed by atoms with Crippen LogP contribution in [0.25, 0.3) is 0 Å². The van der Waals surface area contributed by atoms with Crippen molar-refractivity contribution in [2.75, 3.05) is 40.3 Å². The molecule has 2 fully saturated rings. The van der Waals surface area contributed by atoms with E-state index in [1.807, 2.05) is 0 Å². The first kappa shape index (κ1) is 16.8. The second-order valence-electron chi connectivity index (χ2n) is 7.41. The zero-order valence-electron chi connectivity index (χ0n) is 14.8. The fraction of sp³-hybridized carbons (Fsp3) is 0.700. The van der Waals surface area contributed by atoms with Crippen LogP contribution in [0.15, 0.2) is 24.3 Å². The minimum Gasteiger partial charge on any atom is -0.497 e. The van der Waals surface area contributed by atoms with Crippen molar-refractivity contribution >= 4 is 0 Å². The fourth-order valence-electron chi connectivity index (χ4n) is 3.86. The molecule has 1 saturated heterocycles. The summed E-state index contributed by atoms with van der Waals surface area (Å²) in [4.78, 5) is 5.27. The van der Waals surface area contributed by atoms with Gasteiger partial charge in [-0.25, -0.2) is 0 Å². The molecule has 1 aromatic carbocycles. The van der Waals surface area contributed by atoms with Crippen LogP contribution in [0.2, 0.25) is 0 Å². The highest BCUT2D eigenvalue weighted by molar-refractivity contribution is 5.27. The van der Waals surface area contributed by atoms with Crippen LogP contribution in [0.3, 0.4) is 0 Å². The second kappa shape index (κ2) is 8.16. The highest BCUT2D eigenvalue weighted by atomic mass is 16.5. The van der Waals surface area contributed by atoms with Gasteiger partial charge < -0.3 is 14.5 Å². The van der Waals surface area contributed by atoms with Gasteiger partial charge in [0.25, 0.3) is 0 Å². The molecular formula is C20H32N2O. The van der Waals surface area contributed by atoms with E-state index < -0.39 is 0 Å². The highest BCUT2D eigenvalue weighted by Gasteiger charge is 2.26. The van der Waals surface area contributed by atoms with Crippen molar-refractivity contribution in [1.29, 1.82) is 0 Å². The standard InChI is InChI=1S/C20H32N2O/c1-21(19-4-3-5-19)16-18-11-14-22(15-12-18)13-10-17-6-8-20(23-2)9-7-17/h6-9,18-19H,3-5,10-16H2,1-2H3. The first-order valence-electron chi connectivity index (χ1n) is 9.30. The van der Waals surface area contributed by atoms with Crippen molar-refractivity contribution in [3.8, 4) is 5.75 Å². The van der Waals surface area contributed by atoms with Gasteiger partial charge in [0.2, 0.25) is 0 Å². The van der Waals surface area contributed by atoms with E-state index in [4.69, 9.17) is 4.74 Å². The Labute approximate surface area is 141 Å². The average Bonchev–Trinajstić information content (AvgIpc) is 2.53. The van der Waals surface area contributed by atoms with Gasteiger partial charge in [0.15, 0.2) is 0 Å². The van der Waals surface area contributed by atoms with E-state index in [0.717, 1.165) is 24.1 Å². The molecule has 2 aliphatic rings. The maximum atomic E-state index is 5.22. The molecule has 1 aromatic rings. The van der Waals surface area contributed by atoms with Gasteiger partial charge in [-0.3, -0.25) is 0 Å². The molecule has 0 aromatic heterocycles. The number of likely N-dealkylation sites (tertiary alicyclic amines) is 1. The van der Waals surface area contributed by atoms with Crippen LogP contribution in [0, 0.1) is 5.92 Å². The monoisotopic (exact) mass is 316 g/mol. The van der Waals surface area contributed by atoms with Gasteiger partial charge >= 0.3 is 0 Å². The summed E-state index contributed by atoms with van der Waals surface area (Å²) in [7, 11) is 4.06. The van der Waals surface area contributed by atoms with Crippen LogP contribution in [0.4, 0.5) is 0 Å². The Morgan fingerprint density at radius 1 is 1.09 bits per heavy atom. The quantitative estimate of drug-likeness (QED) is 0.766. The predicted octanol–water partition coefficient (Wildman–Crippen LogP) is 3.43. The lowest BCUT2D eigenvalue weighted by atomic mass is 9.89. The Hall–Kier alpha value is -1.06. The number of piperidine rings is 1. The van der Waals surface area contributed by atoms with E-state index >= 15 is 0 Å². The van der Waals surface area contributed by atoms with Crippen LogP contribution < -0.4 is 4.74 Å². The number of rotatable bonds is 7. The first-order valence-corrected chi connectivity index (χ1v) is 9.30. The minimum absolute atomic E-state index is 0.892. The van der Waals surface area contributed by atoms with E-state index in [0.29, 0.717) is 0 Å². The van der Waals surface area contributed by atoms with Crippen molar-refractivity contribution in [1.82, 2.24) is 9.80 Å². The van der Waals surface area contributed by atoms with Gasteiger partial charge in [-0.1, -0.05) is 18.6 Å². The van der Waals surface area contributed by atoms with Gasteiger partial charge in [-0.2, -0.15) is 0 Å². The molecule has 3 rings (SSSR count). The lowest BCUT2D eigenvalue weighted by molar-refractivity contribution is 0.105.